The average molecular weight is 591 g/mol. The fourth-order valence-electron chi connectivity index (χ4n) is 3.99. The van der Waals surface area contributed by atoms with E-state index >= 15 is 0 Å². The molecule has 0 aliphatic rings. The van der Waals surface area contributed by atoms with Gasteiger partial charge in [0.2, 0.25) is 11.8 Å². The third kappa shape index (κ3) is 7.53. The van der Waals surface area contributed by atoms with E-state index in [0.29, 0.717) is 27.7 Å². The number of anilines is 1. The standard InChI is InChI=1S/C29H33Cl2N3O4S/c1-5-16-32-29(36)22(4)33(18-23-8-6-7-9-26(23)31)28(35)19-34(27-17-24(30)13-12-21(27)3)39(37,38)25-14-10-20(2)11-15-25/h6-15,17,22H,5,16,18-19H2,1-4H3,(H,32,36). The highest BCUT2D eigenvalue weighted by Gasteiger charge is 2.33. The smallest absolute Gasteiger partial charge is 0.264 e. The van der Waals surface area contributed by atoms with E-state index in [1.165, 1.54) is 23.1 Å². The Hall–Kier alpha value is -3.07. The number of benzene rings is 3. The summed E-state index contributed by atoms with van der Waals surface area (Å²) in [5.41, 5.74) is 2.43. The molecule has 0 heterocycles. The number of halogens is 2. The van der Waals surface area contributed by atoms with Crippen molar-refractivity contribution in [1.82, 2.24) is 10.2 Å². The Labute approximate surface area is 240 Å². The summed E-state index contributed by atoms with van der Waals surface area (Å²) < 4.78 is 28.9. The van der Waals surface area contributed by atoms with E-state index in [1.54, 1.807) is 62.4 Å². The van der Waals surface area contributed by atoms with Crippen molar-refractivity contribution in [2.24, 2.45) is 0 Å². The molecule has 1 unspecified atom stereocenters. The van der Waals surface area contributed by atoms with Crippen LogP contribution < -0.4 is 9.62 Å². The number of aryl methyl sites for hydroxylation is 2. The third-order valence-corrected chi connectivity index (χ3v) is 8.72. The molecule has 7 nitrogen and oxygen atoms in total. The van der Waals surface area contributed by atoms with E-state index in [2.05, 4.69) is 5.32 Å². The first-order chi connectivity index (χ1) is 18.4. The largest absolute Gasteiger partial charge is 0.354 e. The molecule has 3 aromatic rings. The molecule has 0 spiro atoms. The van der Waals surface area contributed by atoms with Crippen LogP contribution in [0.4, 0.5) is 5.69 Å². The zero-order chi connectivity index (χ0) is 28.7. The van der Waals surface area contributed by atoms with Gasteiger partial charge in [-0.2, -0.15) is 0 Å². The normalized spacial score (nSPS) is 12.1. The van der Waals surface area contributed by atoms with E-state index in [-0.39, 0.29) is 23.0 Å². The highest BCUT2D eigenvalue weighted by atomic mass is 35.5. The SMILES string of the molecule is CCCNC(=O)C(C)N(Cc1ccccc1Cl)C(=O)CN(c1cc(Cl)ccc1C)S(=O)(=O)c1ccc(C)cc1. The van der Waals surface area contributed by atoms with Crippen LogP contribution in [-0.2, 0) is 26.2 Å². The quantitative estimate of drug-likeness (QED) is 0.308. The third-order valence-electron chi connectivity index (χ3n) is 6.34. The molecule has 2 amide bonds. The number of carbonyl (C=O) groups excluding carboxylic acids is 2. The molecule has 0 radical (unpaired) electrons. The van der Waals surface area contributed by atoms with Crippen LogP contribution in [0.2, 0.25) is 10.0 Å². The first kappa shape index (κ1) is 30.5. The van der Waals surface area contributed by atoms with Crippen LogP contribution in [0.5, 0.6) is 0 Å². The summed E-state index contributed by atoms with van der Waals surface area (Å²) in [4.78, 5) is 28.3. The number of nitrogens with zero attached hydrogens (tertiary/aromatic N) is 2. The second-order valence-corrected chi connectivity index (χ2v) is 12.0. The number of hydrogen-bond donors (Lipinski definition) is 1. The van der Waals surface area contributed by atoms with Crippen molar-refractivity contribution in [3.8, 4) is 0 Å². The molecule has 3 rings (SSSR count). The molecular weight excluding hydrogens is 557 g/mol. The zero-order valence-electron chi connectivity index (χ0n) is 22.4. The van der Waals surface area contributed by atoms with E-state index in [0.717, 1.165) is 16.3 Å². The molecule has 0 aliphatic carbocycles. The van der Waals surface area contributed by atoms with Crippen LogP contribution in [0.3, 0.4) is 0 Å². The molecule has 0 aliphatic heterocycles. The number of carbonyl (C=O) groups is 2. The van der Waals surface area contributed by atoms with Crippen LogP contribution in [-0.4, -0.2) is 44.3 Å². The van der Waals surface area contributed by atoms with Gasteiger partial charge in [0, 0.05) is 23.1 Å². The van der Waals surface area contributed by atoms with E-state index in [1.807, 2.05) is 13.8 Å². The lowest BCUT2D eigenvalue weighted by Crippen LogP contribution is -2.51. The highest BCUT2D eigenvalue weighted by Crippen LogP contribution is 2.30. The Balaban J connectivity index is 2.07. The van der Waals surface area contributed by atoms with Gasteiger partial charge in [0.15, 0.2) is 0 Å². The fourth-order valence-corrected chi connectivity index (χ4v) is 5.82. The maximum Gasteiger partial charge on any atom is 0.264 e. The highest BCUT2D eigenvalue weighted by molar-refractivity contribution is 7.92. The van der Waals surface area contributed by atoms with Crippen molar-refractivity contribution in [2.75, 3.05) is 17.4 Å². The van der Waals surface area contributed by atoms with Crippen LogP contribution in [0, 0.1) is 13.8 Å². The maximum atomic E-state index is 14.0. The minimum atomic E-state index is -4.18. The van der Waals surface area contributed by atoms with Gasteiger partial charge in [-0.3, -0.25) is 13.9 Å². The first-order valence-electron chi connectivity index (χ1n) is 12.6. The van der Waals surface area contributed by atoms with Gasteiger partial charge in [0.1, 0.15) is 12.6 Å². The summed E-state index contributed by atoms with van der Waals surface area (Å²) in [5.74, 6) is -0.909. The molecule has 1 N–H and O–H groups in total. The number of hydrogen-bond acceptors (Lipinski definition) is 4. The molecule has 1 atom stereocenters. The fraction of sp³-hybridized carbons (Fsp3) is 0.310. The van der Waals surface area contributed by atoms with Crippen molar-refractivity contribution in [1.29, 1.82) is 0 Å². The van der Waals surface area contributed by atoms with Gasteiger partial charge >= 0.3 is 0 Å². The van der Waals surface area contributed by atoms with Crippen LogP contribution in [0.25, 0.3) is 0 Å². The average Bonchev–Trinajstić information content (AvgIpc) is 2.91. The Morgan fingerprint density at radius 2 is 1.64 bits per heavy atom. The molecule has 0 fully saturated rings. The number of nitrogens with one attached hydrogen (secondary N) is 1. The molecule has 0 aromatic heterocycles. The van der Waals surface area contributed by atoms with Crippen molar-refractivity contribution in [3.63, 3.8) is 0 Å². The second-order valence-electron chi connectivity index (χ2n) is 9.34. The lowest BCUT2D eigenvalue weighted by atomic mass is 10.1. The topological polar surface area (TPSA) is 86.8 Å². The second kappa shape index (κ2) is 13.3. The van der Waals surface area contributed by atoms with Gasteiger partial charge < -0.3 is 10.2 Å². The van der Waals surface area contributed by atoms with Gasteiger partial charge in [-0.15, -0.1) is 0 Å². The summed E-state index contributed by atoms with van der Waals surface area (Å²) in [5, 5.41) is 3.58. The van der Waals surface area contributed by atoms with Crippen molar-refractivity contribution in [3.05, 3.63) is 93.5 Å². The zero-order valence-corrected chi connectivity index (χ0v) is 24.8. The molecule has 208 valence electrons. The number of sulfonamides is 1. The Kier molecular flexibility index (Phi) is 10.4. The van der Waals surface area contributed by atoms with Crippen molar-refractivity contribution >= 4 is 50.7 Å². The van der Waals surface area contributed by atoms with Crippen LogP contribution in [0.15, 0.2) is 71.6 Å². The van der Waals surface area contributed by atoms with Gasteiger partial charge in [-0.05, 0) is 68.7 Å². The van der Waals surface area contributed by atoms with Gasteiger partial charge in [-0.25, -0.2) is 8.42 Å². The summed E-state index contributed by atoms with van der Waals surface area (Å²) in [6.07, 6.45) is 0.730. The predicted octanol–water partition coefficient (Wildman–Crippen LogP) is 5.75. The summed E-state index contributed by atoms with van der Waals surface area (Å²) in [6.45, 7) is 7.07. The lowest BCUT2D eigenvalue weighted by Gasteiger charge is -2.32. The molecule has 39 heavy (non-hydrogen) atoms. The maximum absolute atomic E-state index is 14.0. The molecule has 0 bridgehead atoms. The molecule has 10 heteroatoms. The van der Waals surface area contributed by atoms with Crippen LogP contribution >= 0.6 is 23.2 Å². The summed E-state index contributed by atoms with van der Waals surface area (Å²) in [7, 11) is -4.18. The predicted molar refractivity (Wildman–Crippen MR) is 157 cm³/mol. The number of amides is 2. The Morgan fingerprint density at radius 3 is 2.28 bits per heavy atom. The van der Waals surface area contributed by atoms with E-state index in [9.17, 15) is 18.0 Å². The monoisotopic (exact) mass is 589 g/mol. The summed E-state index contributed by atoms with van der Waals surface area (Å²) in [6, 6.07) is 17.4. The van der Waals surface area contributed by atoms with Gasteiger partial charge in [0.25, 0.3) is 10.0 Å². The van der Waals surface area contributed by atoms with E-state index < -0.39 is 28.5 Å². The first-order valence-corrected chi connectivity index (χ1v) is 14.8. The Bertz CT molecular complexity index is 1430. The molecule has 0 saturated heterocycles. The van der Waals surface area contributed by atoms with E-state index in [4.69, 9.17) is 23.2 Å². The molecular formula is C29H33Cl2N3O4S. The lowest BCUT2D eigenvalue weighted by molar-refractivity contribution is -0.139. The minimum Gasteiger partial charge on any atom is -0.354 e. The summed E-state index contributed by atoms with van der Waals surface area (Å²) >= 11 is 12.6. The van der Waals surface area contributed by atoms with Gasteiger partial charge in [0.05, 0.1) is 10.6 Å². The van der Waals surface area contributed by atoms with Gasteiger partial charge in [-0.1, -0.05) is 72.1 Å². The van der Waals surface area contributed by atoms with Crippen molar-refractivity contribution in [2.45, 2.75) is 51.6 Å². The van der Waals surface area contributed by atoms with Crippen LogP contribution in [0.1, 0.15) is 37.0 Å². The Morgan fingerprint density at radius 1 is 0.974 bits per heavy atom. The molecule has 0 saturated carbocycles. The van der Waals surface area contributed by atoms with Crippen molar-refractivity contribution < 1.29 is 18.0 Å². The molecule has 3 aromatic carbocycles. The number of rotatable bonds is 11. The minimum absolute atomic E-state index is 0.0200.